The number of hydrogen-bond donors (Lipinski definition) is 0. The van der Waals surface area contributed by atoms with Crippen molar-refractivity contribution in [2.75, 3.05) is 13.1 Å². The van der Waals surface area contributed by atoms with Crippen molar-refractivity contribution in [1.82, 2.24) is 4.90 Å². The molecule has 2 heteroatoms. The summed E-state index contributed by atoms with van der Waals surface area (Å²) in [5.74, 6) is 0.822. The molecule has 18 heavy (non-hydrogen) atoms. The second-order valence-electron chi connectivity index (χ2n) is 6.10. The van der Waals surface area contributed by atoms with Gasteiger partial charge in [0.25, 0.3) is 0 Å². The first kappa shape index (κ1) is 12.7. The highest BCUT2D eigenvalue weighted by molar-refractivity contribution is 7.10. The van der Waals surface area contributed by atoms with Crippen molar-refractivity contribution in [3.05, 3.63) is 22.4 Å². The molecule has 3 rings (SSSR count). The number of rotatable bonds is 2. The fraction of sp³-hybridized carbons (Fsp3) is 0.750. The van der Waals surface area contributed by atoms with Crippen LogP contribution < -0.4 is 0 Å². The lowest BCUT2D eigenvalue weighted by molar-refractivity contribution is -0.00817. The molecule has 0 unspecified atom stereocenters. The Hall–Kier alpha value is -0.340. The lowest BCUT2D eigenvalue weighted by atomic mass is 9.71. The molecule has 2 fully saturated rings. The highest BCUT2D eigenvalue weighted by atomic mass is 32.1. The lowest BCUT2D eigenvalue weighted by Gasteiger charge is -2.51. The van der Waals surface area contributed by atoms with Gasteiger partial charge in [0.05, 0.1) is 5.54 Å². The van der Waals surface area contributed by atoms with Crippen LogP contribution in [-0.4, -0.2) is 18.0 Å². The highest BCUT2D eigenvalue weighted by Gasteiger charge is 2.45. The lowest BCUT2D eigenvalue weighted by Crippen LogP contribution is -2.53. The number of hydrogen-bond acceptors (Lipinski definition) is 2. The van der Waals surface area contributed by atoms with Gasteiger partial charge in [0, 0.05) is 4.88 Å². The van der Waals surface area contributed by atoms with E-state index in [-0.39, 0.29) is 0 Å². The highest BCUT2D eigenvalue weighted by Crippen LogP contribution is 2.48. The predicted molar refractivity (Wildman–Crippen MR) is 79.1 cm³/mol. The SMILES string of the molecule is C[C@H]1CCCC[C@]1(c1cccs1)N1CCCCC1. The molecular weight excluding hydrogens is 238 g/mol. The van der Waals surface area contributed by atoms with E-state index in [0.717, 1.165) is 5.92 Å². The average molecular weight is 263 g/mol. The van der Waals surface area contributed by atoms with E-state index >= 15 is 0 Å². The topological polar surface area (TPSA) is 3.24 Å². The van der Waals surface area contributed by atoms with Gasteiger partial charge in [-0.3, -0.25) is 4.90 Å². The molecule has 2 heterocycles. The Labute approximate surface area is 115 Å². The van der Waals surface area contributed by atoms with E-state index in [1.54, 1.807) is 4.88 Å². The molecule has 2 aliphatic rings. The fourth-order valence-electron chi connectivity index (χ4n) is 4.14. The molecule has 100 valence electrons. The average Bonchev–Trinajstić information content (AvgIpc) is 2.95. The minimum Gasteiger partial charge on any atom is -0.293 e. The van der Waals surface area contributed by atoms with Crippen LogP contribution in [0.2, 0.25) is 0 Å². The molecule has 0 radical (unpaired) electrons. The quantitative estimate of drug-likeness (QED) is 0.751. The Morgan fingerprint density at radius 1 is 1.17 bits per heavy atom. The summed E-state index contributed by atoms with van der Waals surface area (Å²) < 4.78 is 0. The third-order valence-electron chi connectivity index (χ3n) is 5.13. The number of thiophene rings is 1. The first-order chi connectivity index (χ1) is 8.84. The minimum atomic E-state index is 0.382. The van der Waals surface area contributed by atoms with Crippen LogP contribution in [0.15, 0.2) is 17.5 Å². The Morgan fingerprint density at radius 3 is 2.67 bits per heavy atom. The van der Waals surface area contributed by atoms with Gasteiger partial charge in [-0.05, 0) is 56.1 Å². The summed E-state index contributed by atoms with van der Waals surface area (Å²) in [7, 11) is 0. The fourth-order valence-corrected chi connectivity index (χ4v) is 5.24. The van der Waals surface area contributed by atoms with Crippen LogP contribution >= 0.6 is 11.3 Å². The van der Waals surface area contributed by atoms with Gasteiger partial charge < -0.3 is 0 Å². The molecule has 0 bridgehead atoms. The number of piperidine rings is 1. The van der Waals surface area contributed by atoms with Crippen LogP contribution in [0.5, 0.6) is 0 Å². The van der Waals surface area contributed by atoms with Crippen molar-refractivity contribution < 1.29 is 0 Å². The maximum atomic E-state index is 2.84. The summed E-state index contributed by atoms with van der Waals surface area (Å²) in [5.41, 5.74) is 0.382. The van der Waals surface area contributed by atoms with E-state index in [1.807, 2.05) is 11.3 Å². The zero-order valence-corrected chi connectivity index (χ0v) is 12.3. The van der Waals surface area contributed by atoms with Crippen molar-refractivity contribution in [3.8, 4) is 0 Å². The molecule has 1 aliphatic heterocycles. The number of nitrogens with zero attached hydrogens (tertiary/aromatic N) is 1. The van der Waals surface area contributed by atoms with Crippen LogP contribution in [0.1, 0.15) is 56.7 Å². The molecule has 1 saturated carbocycles. The van der Waals surface area contributed by atoms with Crippen molar-refractivity contribution in [1.29, 1.82) is 0 Å². The van der Waals surface area contributed by atoms with Crippen LogP contribution in [0.3, 0.4) is 0 Å². The molecule has 0 N–H and O–H groups in total. The molecule has 1 aromatic rings. The molecule has 1 saturated heterocycles. The normalized spacial score (nSPS) is 34.6. The summed E-state index contributed by atoms with van der Waals surface area (Å²) in [5, 5.41) is 2.27. The van der Waals surface area contributed by atoms with Crippen LogP contribution in [0.4, 0.5) is 0 Å². The summed E-state index contributed by atoms with van der Waals surface area (Å²) in [6.07, 6.45) is 9.88. The third-order valence-corrected chi connectivity index (χ3v) is 6.17. The van der Waals surface area contributed by atoms with Crippen LogP contribution in [0.25, 0.3) is 0 Å². The van der Waals surface area contributed by atoms with E-state index in [2.05, 4.69) is 29.3 Å². The smallest absolute Gasteiger partial charge is 0.0579 e. The second-order valence-corrected chi connectivity index (χ2v) is 7.04. The van der Waals surface area contributed by atoms with Gasteiger partial charge in [0.2, 0.25) is 0 Å². The summed E-state index contributed by atoms with van der Waals surface area (Å²) >= 11 is 1.98. The second kappa shape index (κ2) is 5.34. The maximum absolute atomic E-state index is 2.84. The molecule has 1 aliphatic carbocycles. The predicted octanol–water partition coefficient (Wildman–Crippen LogP) is 4.64. The van der Waals surface area contributed by atoms with Crippen molar-refractivity contribution >= 4 is 11.3 Å². The summed E-state index contributed by atoms with van der Waals surface area (Å²) in [6.45, 7) is 5.14. The Balaban J connectivity index is 1.96. The zero-order valence-electron chi connectivity index (χ0n) is 11.5. The van der Waals surface area contributed by atoms with E-state index in [0.29, 0.717) is 5.54 Å². The standard InChI is InChI=1S/C16H25NS/c1-14-8-3-4-10-16(14,15-9-7-13-18-15)17-11-5-2-6-12-17/h7,9,13-14H,2-6,8,10-12H2,1H3/t14-,16-/m0/s1. The molecule has 1 nitrogen and oxygen atoms in total. The van der Waals surface area contributed by atoms with Crippen molar-refractivity contribution in [3.63, 3.8) is 0 Å². The first-order valence-corrected chi connectivity index (χ1v) is 8.51. The van der Waals surface area contributed by atoms with Gasteiger partial charge in [-0.1, -0.05) is 32.3 Å². The van der Waals surface area contributed by atoms with E-state index in [9.17, 15) is 0 Å². The molecule has 0 spiro atoms. The summed E-state index contributed by atoms with van der Waals surface area (Å²) in [6, 6.07) is 4.63. The van der Waals surface area contributed by atoms with E-state index < -0.39 is 0 Å². The largest absolute Gasteiger partial charge is 0.293 e. The van der Waals surface area contributed by atoms with Gasteiger partial charge in [-0.25, -0.2) is 0 Å². The van der Waals surface area contributed by atoms with Gasteiger partial charge in [-0.15, -0.1) is 11.3 Å². The van der Waals surface area contributed by atoms with E-state index in [4.69, 9.17) is 0 Å². The van der Waals surface area contributed by atoms with Crippen molar-refractivity contribution in [2.24, 2.45) is 5.92 Å². The van der Waals surface area contributed by atoms with E-state index in [1.165, 1.54) is 58.0 Å². The van der Waals surface area contributed by atoms with Gasteiger partial charge in [0.15, 0.2) is 0 Å². The van der Waals surface area contributed by atoms with Gasteiger partial charge in [-0.2, -0.15) is 0 Å². The maximum Gasteiger partial charge on any atom is 0.0579 e. The van der Waals surface area contributed by atoms with Gasteiger partial charge >= 0.3 is 0 Å². The molecule has 1 aromatic heterocycles. The van der Waals surface area contributed by atoms with Crippen LogP contribution in [-0.2, 0) is 5.54 Å². The Kier molecular flexibility index (Phi) is 3.76. The molecule has 0 aromatic carbocycles. The Morgan fingerprint density at radius 2 is 2.00 bits per heavy atom. The van der Waals surface area contributed by atoms with Crippen LogP contribution in [0, 0.1) is 5.92 Å². The Bertz CT molecular complexity index is 366. The third kappa shape index (κ3) is 2.04. The summed E-state index contributed by atoms with van der Waals surface area (Å²) in [4.78, 5) is 4.48. The number of likely N-dealkylation sites (tertiary alicyclic amines) is 1. The molecular formula is C16H25NS. The van der Waals surface area contributed by atoms with Crippen molar-refractivity contribution in [2.45, 2.75) is 57.4 Å². The first-order valence-electron chi connectivity index (χ1n) is 7.63. The van der Waals surface area contributed by atoms with Gasteiger partial charge in [0.1, 0.15) is 0 Å². The monoisotopic (exact) mass is 263 g/mol. The zero-order chi connectivity index (χ0) is 12.4. The molecule has 2 atom stereocenters. The minimum absolute atomic E-state index is 0.382. The molecule has 0 amide bonds.